The Hall–Kier alpha value is -2.61. The second-order valence-corrected chi connectivity index (χ2v) is 6.22. The first kappa shape index (κ1) is 17.7. The molecular weight excluding hydrogens is 376 g/mol. The van der Waals surface area contributed by atoms with Crippen LogP contribution in [0.25, 0.3) is 5.69 Å². The van der Waals surface area contributed by atoms with E-state index in [-0.39, 0.29) is 0 Å². The molecule has 2 aromatic rings. The van der Waals surface area contributed by atoms with Gasteiger partial charge in [-0.05, 0) is 44.2 Å². The molecule has 0 atom stereocenters. The van der Waals surface area contributed by atoms with E-state index in [1.807, 2.05) is 35.8 Å². The van der Waals surface area contributed by atoms with Gasteiger partial charge in [0.2, 0.25) is 11.8 Å². The number of hydrogen-bond acceptors (Lipinski definition) is 3. The van der Waals surface area contributed by atoms with Crippen molar-refractivity contribution in [2.45, 2.75) is 19.9 Å². The zero-order valence-electron chi connectivity index (χ0n) is 13.2. The fourth-order valence-electron chi connectivity index (χ4n) is 2.47. The fraction of sp³-hybridized carbons (Fsp3) is 0.188. The van der Waals surface area contributed by atoms with Gasteiger partial charge in [-0.3, -0.25) is 14.4 Å². The minimum absolute atomic E-state index is 0.336. The van der Waals surface area contributed by atoms with Crippen molar-refractivity contribution in [3.63, 3.8) is 0 Å². The Morgan fingerprint density at radius 3 is 2.12 bits per heavy atom. The van der Waals surface area contributed by atoms with Crippen molar-refractivity contribution in [1.82, 2.24) is 9.88 Å². The number of rotatable bonds is 5. The molecule has 3 amide bonds. The molecular formula is C16H17BrN4O3. The van der Waals surface area contributed by atoms with E-state index in [9.17, 15) is 14.4 Å². The van der Waals surface area contributed by atoms with E-state index in [4.69, 9.17) is 11.5 Å². The SMILES string of the molecule is Cc1cc(C(=O)NC(C(N)=O)C(N)=O)c(C)n1-c1ccc(Br)cc1. The standard InChI is InChI=1S/C16H17BrN4O3/c1-8-7-12(16(24)20-13(14(18)22)15(19)23)9(2)21(8)11-5-3-10(17)4-6-11/h3-7,13H,1-2H3,(H2,18,22)(H2,19,23)(H,20,24). The normalized spacial score (nSPS) is 10.7. The quantitative estimate of drug-likeness (QED) is 0.656. The smallest absolute Gasteiger partial charge is 0.254 e. The number of halogens is 1. The summed E-state index contributed by atoms with van der Waals surface area (Å²) in [5.74, 6) is -2.59. The lowest BCUT2D eigenvalue weighted by Crippen LogP contribution is -2.52. The highest BCUT2D eigenvalue weighted by atomic mass is 79.9. The summed E-state index contributed by atoms with van der Waals surface area (Å²) in [5, 5.41) is 2.27. The van der Waals surface area contributed by atoms with Gasteiger partial charge >= 0.3 is 0 Å². The first-order valence-electron chi connectivity index (χ1n) is 7.06. The molecule has 2 rings (SSSR count). The molecule has 0 saturated carbocycles. The highest BCUT2D eigenvalue weighted by molar-refractivity contribution is 9.10. The molecule has 7 nitrogen and oxygen atoms in total. The Morgan fingerprint density at radius 1 is 1.08 bits per heavy atom. The van der Waals surface area contributed by atoms with Crippen LogP contribution in [-0.2, 0) is 9.59 Å². The minimum atomic E-state index is -1.55. The molecule has 8 heteroatoms. The number of benzene rings is 1. The highest BCUT2D eigenvalue weighted by Gasteiger charge is 2.26. The maximum atomic E-state index is 12.4. The predicted molar refractivity (Wildman–Crippen MR) is 92.6 cm³/mol. The van der Waals surface area contributed by atoms with Crippen LogP contribution in [0, 0.1) is 13.8 Å². The van der Waals surface area contributed by atoms with E-state index >= 15 is 0 Å². The molecule has 0 radical (unpaired) electrons. The average molecular weight is 393 g/mol. The lowest BCUT2D eigenvalue weighted by atomic mass is 10.2. The number of nitrogens with one attached hydrogen (secondary N) is 1. The van der Waals surface area contributed by atoms with E-state index in [1.165, 1.54) is 0 Å². The Kier molecular flexibility index (Phi) is 5.08. The number of nitrogens with zero attached hydrogens (tertiary/aromatic N) is 1. The largest absolute Gasteiger partial charge is 0.367 e. The molecule has 0 spiro atoms. The molecule has 1 heterocycles. The van der Waals surface area contributed by atoms with Gasteiger partial charge in [-0.15, -0.1) is 0 Å². The molecule has 0 fully saturated rings. The highest BCUT2D eigenvalue weighted by Crippen LogP contribution is 2.22. The first-order valence-corrected chi connectivity index (χ1v) is 7.86. The van der Waals surface area contributed by atoms with Crippen molar-refractivity contribution >= 4 is 33.7 Å². The van der Waals surface area contributed by atoms with E-state index in [0.717, 1.165) is 15.9 Å². The van der Waals surface area contributed by atoms with E-state index < -0.39 is 23.8 Å². The van der Waals surface area contributed by atoms with Crippen molar-refractivity contribution in [2.75, 3.05) is 0 Å². The molecule has 0 unspecified atom stereocenters. The summed E-state index contributed by atoms with van der Waals surface area (Å²) >= 11 is 3.38. The van der Waals surface area contributed by atoms with Gasteiger partial charge in [-0.1, -0.05) is 15.9 Å². The molecule has 0 saturated heterocycles. The number of primary amides is 2. The Bertz CT molecular complexity index is 797. The van der Waals surface area contributed by atoms with Crippen molar-refractivity contribution in [1.29, 1.82) is 0 Å². The average Bonchev–Trinajstić information content (AvgIpc) is 2.80. The second-order valence-electron chi connectivity index (χ2n) is 5.31. The van der Waals surface area contributed by atoms with Crippen LogP contribution in [-0.4, -0.2) is 28.3 Å². The number of hydrogen-bond donors (Lipinski definition) is 3. The topological polar surface area (TPSA) is 120 Å². The number of aromatic nitrogens is 1. The molecule has 5 N–H and O–H groups in total. The van der Waals surface area contributed by atoms with Crippen LogP contribution in [0.1, 0.15) is 21.7 Å². The maximum absolute atomic E-state index is 12.4. The Labute approximate surface area is 147 Å². The number of carbonyl (C=O) groups excluding carboxylic acids is 3. The summed E-state index contributed by atoms with van der Waals surface area (Å²) in [6.07, 6.45) is 0. The summed E-state index contributed by atoms with van der Waals surface area (Å²) in [5.41, 5.74) is 12.9. The van der Waals surface area contributed by atoms with Crippen molar-refractivity contribution in [2.24, 2.45) is 11.5 Å². The van der Waals surface area contributed by atoms with E-state index in [0.29, 0.717) is 11.3 Å². The van der Waals surface area contributed by atoms with Gasteiger partial charge < -0.3 is 21.4 Å². The molecule has 0 aliphatic carbocycles. The summed E-state index contributed by atoms with van der Waals surface area (Å²) in [6.45, 7) is 3.62. The van der Waals surface area contributed by atoms with Gasteiger partial charge in [-0.25, -0.2) is 0 Å². The summed E-state index contributed by atoms with van der Waals surface area (Å²) in [4.78, 5) is 34.8. The number of carbonyl (C=O) groups is 3. The number of aryl methyl sites for hydroxylation is 1. The van der Waals surface area contributed by atoms with Gasteiger partial charge in [0.1, 0.15) is 0 Å². The van der Waals surface area contributed by atoms with Gasteiger partial charge in [0.25, 0.3) is 5.91 Å². The van der Waals surface area contributed by atoms with E-state index in [1.54, 1.807) is 13.0 Å². The first-order chi connectivity index (χ1) is 11.2. The third kappa shape index (κ3) is 3.48. The maximum Gasteiger partial charge on any atom is 0.254 e. The zero-order valence-corrected chi connectivity index (χ0v) is 14.8. The zero-order chi connectivity index (χ0) is 18.0. The number of nitrogens with two attached hydrogens (primary N) is 2. The monoisotopic (exact) mass is 392 g/mol. The molecule has 0 aliphatic heterocycles. The summed E-state index contributed by atoms with van der Waals surface area (Å²) in [6, 6.07) is 7.72. The van der Waals surface area contributed by atoms with Crippen LogP contribution in [0.5, 0.6) is 0 Å². The molecule has 1 aromatic heterocycles. The summed E-state index contributed by atoms with van der Waals surface area (Å²) < 4.78 is 2.84. The van der Waals surface area contributed by atoms with Gasteiger partial charge in [0.05, 0.1) is 5.56 Å². The van der Waals surface area contributed by atoms with Crippen LogP contribution < -0.4 is 16.8 Å². The van der Waals surface area contributed by atoms with E-state index in [2.05, 4.69) is 21.2 Å². The number of amides is 3. The van der Waals surface area contributed by atoms with Crippen LogP contribution in [0.4, 0.5) is 0 Å². The van der Waals surface area contributed by atoms with Gasteiger partial charge in [0.15, 0.2) is 6.04 Å². The van der Waals surface area contributed by atoms with Gasteiger partial charge in [-0.2, -0.15) is 0 Å². The van der Waals surface area contributed by atoms with Crippen molar-refractivity contribution < 1.29 is 14.4 Å². The van der Waals surface area contributed by atoms with Crippen LogP contribution in [0.3, 0.4) is 0 Å². The van der Waals surface area contributed by atoms with Crippen LogP contribution >= 0.6 is 15.9 Å². The molecule has 0 aliphatic rings. The van der Waals surface area contributed by atoms with Crippen LogP contribution in [0.15, 0.2) is 34.8 Å². The lowest BCUT2D eigenvalue weighted by Gasteiger charge is -2.13. The van der Waals surface area contributed by atoms with Crippen LogP contribution in [0.2, 0.25) is 0 Å². The molecule has 126 valence electrons. The molecule has 24 heavy (non-hydrogen) atoms. The molecule has 0 bridgehead atoms. The molecule has 1 aromatic carbocycles. The van der Waals surface area contributed by atoms with Crippen molar-refractivity contribution in [3.05, 3.63) is 51.8 Å². The van der Waals surface area contributed by atoms with Gasteiger partial charge in [0, 0.05) is 21.5 Å². The third-order valence-corrected chi connectivity index (χ3v) is 4.13. The Balaban J connectivity index is 2.37. The van der Waals surface area contributed by atoms with Crippen molar-refractivity contribution in [3.8, 4) is 5.69 Å². The Morgan fingerprint density at radius 2 is 1.62 bits per heavy atom. The predicted octanol–water partition coefficient (Wildman–Crippen LogP) is 0.926. The second kappa shape index (κ2) is 6.88. The fourth-order valence-corrected chi connectivity index (χ4v) is 2.74. The summed E-state index contributed by atoms with van der Waals surface area (Å²) in [7, 11) is 0. The minimum Gasteiger partial charge on any atom is -0.367 e. The third-order valence-electron chi connectivity index (χ3n) is 3.61. The lowest BCUT2D eigenvalue weighted by molar-refractivity contribution is -0.128.